The average molecular weight is 411 g/mol. The molecule has 1 aliphatic rings. The highest BCUT2D eigenvalue weighted by molar-refractivity contribution is 5.80. The molecule has 0 radical (unpaired) electrons. The summed E-state index contributed by atoms with van der Waals surface area (Å²) >= 11 is 0. The summed E-state index contributed by atoms with van der Waals surface area (Å²) in [5, 5.41) is 7.31. The van der Waals surface area contributed by atoms with Gasteiger partial charge in [0.1, 0.15) is 18.5 Å². The summed E-state index contributed by atoms with van der Waals surface area (Å²) in [4.78, 5) is 6.31. The third-order valence-corrected chi connectivity index (χ3v) is 4.51. The Hall–Kier alpha value is -2.75. The first-order chi connectivity index (χ1) is 13.9. The van der Waals surface area contributed by atoms with Crippen LogP contribution in [0.2, 0.25) is 0 Å². The standard InChI is InChI=1S/C19H24F3N5O2/c1-23-18(27-8-10-29-17(13-27)14-11-25-26(2)12-14)24-7-9-28-16-6-4-3-5-15(16)19(20,21)22/h3-6,11-12,17H,7-10,13H2,1-2H3,(H,23,24). The Morgan fingerprint density at radius 2 is 2.17 bits per heavy atom. The molecule has 1 saturated heterocycles. The number of morpholine rings is 1. The van der Waals surface area contributed by atoms with Crippen molar-refractivity contribution in [3.63, 3.8) is 0 Å². The van der Waals surface area contributed by atoms with Crippen LogP contribution in [-0.2, 0) is 18.0 Å². The fourth-order valence-corrected chi connectivity index (χ4v) is 3.13. The topological polar surface area (TPSA) is 63.9 Å². The van der Waals surface area contributed by atoms with Crippen LogP contribution in [0.1, 0.15) is 17.2 Å². The highest BCUT2D eigenvalue weighted by Gasteiger charge is 2.34. The number of aliphatic imine (C=N–C) groups is 1. The summed E-state index contributed by atoms with van der Waals surface area (Å²) < 4.78 is 52.0. The molecule has 2 aromatic rings. The van der Waals surface area contributed by atoms with Crippen molar-refractivity contribution in [2.75, 3.05) is 39.9 Å². The third-order valence-electron chi connectivity index (χ3n) is 4.51. The predicted molar refractivity (Wildman–Crippen MR) is 102 cm³/mol. The molecule has 1 atom stereocenters. The van der Waals surface area contributed by atoms with Gasteiger partial charge in [-0.25, -0.2) is 0 Å². The molecular weight excluding hydrogens is 387 g/mol. The third kappa shape index (κ3) is 5.41. The van der Waals surface area contributed by atoms with Crippen molar-refractivity contribution < 1.29 is 22.6 Å². The zero-order valence-electron chi connectivity index (χ0n) is 16.3. The zero-order valence-corrected chi connectivity index (χ0v) is 16.3. The van der Waals surface area contributed by atoms with Crippen LogP contribution >= 0.6 is 0 Å². The van der Waals surface area contributed by atoms with Gasteiger partial charge in [0.15, 0.2) is 5.96 Å². The van der Waals surface area contributed by atoms with Crippen molar-refractivity contribution in [2.45, 2.75) is 12.3 Å². The Bertz CT molecular complexity index is 837. The molecule has 0 saturated carbocycles. The van der Waals surface area contributed by atoms with E-state index in [1.54, 1.807) is 17.9 Å². The van der Waals surface area contributed by atoms with Crippen LogP contribution in [0.3, 0.4) is 0 Å². The van der Waals surface area contributed by atoms with E-state index in [4.69, 9.17) is 9.47 Å². The Kier molecular flexibility index (Phi) is 6.63. The lowest BCUT2D eigenvalue weighted by Crippen LogP contribution is -2.48. The van der Waals surface area contributed by atoms with Crippen LogP contribution in [0.4, 0.5) is 13.2 Å². The van der Waals surface area contributed by atoms with Crippen LogP contribution in [-0.4, -0.2) is 60.5 Å². The van der Waals surface area contributed by atoms with E-state index >= 15 is 0 Å². The minimum Gasteiger partial charge on any atom is -0.491 e. The van der Waals surface area contributed by atoms with E-state index in [9.17, 15) is 13.2 Å². The maximum atomic E-state index is 13.0. The van der Waals surface area contributed by atoms with E-state index in [-0.39, 0.29) is 18.5 Å². The number of hydrogen-bond donors (Lipinski definition) is 1. The molecule has 1 aliphatic heterocycles. The summed E-state index contributed by atoms with van der Waals surface area (Å²) in [5.74, 6) is 0.467. The molecule has 1 aromatic carbocycles. The second kappa shape index (κ2) is 9.17. The Morgan fingerprint density at radius 3 is 2.86 bits per heavy atom. The summed E-state index contributed by atoms with van der Waals surface area (Å²) in [6.07, 6.45) is -0.882. The number of benzene rings is 1. The van der Waals surface area contributed by atoms with E-state index in [1.807, 2.05) is 18.1 Å². The van der Waals surface area contributed by atoms with Gasteiger partial charge < -0.3 is 19.7 Å². The molecule has 3 rings (SSSR count). The van der Waals surface area contributed by atoms with Gasteiger partial charge in [0.25, 0.3) is 0 Å². The number of hydrogen-bond acceptors (Lipinski definition) is 4. The fraction of sp³-hybridized carbons (Fsp3) is 0.474. The van der Waals surface area contributed by atoms with Crippen molar-refractivity contribution in [3.8, 4) is 5.75 Å². The molecule has 0 amide bonds. The number of aryl methyl sites for hydroxylation is 1. The lowest BCUT2D eigenvalue weighted by Gasteiger charge is -2.34. The predicted octanol–water partition coefficient (Wildman–Crippen LogP) is 2.47. The second-order valence-corrected chi connectivity index (χ2v) is 6.57. The Balaban J connectivity index is 1.52. The molecule has 29 heavy (non-hydrogen) atoms. The maximum absolute atomic E-state index is 13.0. The monoisotopic (exact) mass is 411 g/mol. The Labute approximate surface area is 167 Å². The zero-order chi connectivity index (χ0) is 20.9. The Morgan fingerprint density at radius 1 is 1.38 bits per heavy atom. The van der Waals surface area contributed by atoms with Gasteiger partial charge >= 0.3 is 6.18 Å². The van der Waals surface area contributed by atoms with E-state index in [1.165, 1.54) is 18.2 Å². The van der Waals surface area contributed by atoms with Gasteiger partial charge in [-0.05, 0) is 12.1 Å². The molecule has 0 spiro atoms. The summed E-state index contributed by atoms with van der Waals surface area (Å²) in [5.41, 5.74) is 0.205. The lowest BCUT2D eigenvalue weighted by atomic mass is 10.1. The number of para-hydroxylation sites is 1. The van der Waals surface area contributed by atoms with Gasteiger partial charge in [0.05, 0.1) is 31.5 Å². The maximum Gasteiger partial charge on any atom is 0.419 e. The van der Waals surface area contributed by atoms with Gasteiger partial charge in [-0.1, -0.05) is 12.1 Å². The summed E-state index contributed by atoms with van der Waals surface area (Å²) in [6, 6.07) is 5.18. The number of aromatic nitrogens is 2. The highest BCUT2D eigenvalue weighted by atomic mass is 19.4. The normalized spacial score (nSPS) is 18.0. The van der Waals surface area contributed by atoms with E-state index in [2.05, 4.69) is 15.4 Å². The first kappa shape index (κ1) is 21.0. The molecule has 0 bridgehead atoms. The summed E-state index contributed by atoms with van der Waals surface area (Å²) in [6.45, 7) is 2.18. The molecule has 0 aliphatic carbocycles. The molecule has 158 valence electrons. The smallest absolute Gasteiger partial charge is 0.419 e. The van der Waals surface area contributed by atoms with Crippen LogP contribution < -0.4 is 10.1 Å². The van der Waals surface area contributed by atoms with Crippen LogP contribution in [0.15, 0.2) is 41.7 Å². The second-order valence-electron chi connectivity index (χ2n) is 6.57. The largest absolute Gasteiger partial charge is 0.491 e. The number of ether oxygens (including phenoxy) is 2. The first-order valence-electron chi connectivity index (χ1n) is 9.23. The number of nitrogens with zero attached hydrogens (tertiary/aromatic N) is 4. The number of halogens is 3. The molecule has 2 heterocycles. The average Bonchev–Trinajstić information content (AvgIpc) is 3.14. The van der Waals surface area contributed by atoms with Crippen LogP contribution in [0, 0.1) is 0 Å². The van der Waals surface area contributed by atoms with Gasteiger partial charge in [0, 0.05) is 32.4 Å². The lowest BCUT2D eigenvalue weighted by molar-refractivity contribution is -0.138. The van der Waals surface area contributed by atoms with Gasteiger partial charge in [-0.2, -0.15) is 18.3 Å². The van der Waals surface area contributed by atoms with Gasteiger partial charge in [-0.15, -0.1) is 0 Å². The highest BCUT2D eigenvalue weighted by Crippen LogP contribution is 2.35. The van der Waals surface area contributed by atoms with Crippen molar-refractivity contribution in [3.05, 3.63) is 47.8 Å². The van der Waals surface area contributed by atoms with E-state index in [0.29, 0.717) is 32.2 Å². The molecule has 1 unspecified atom stereocenters. The van der Waals surface area contributed by atoms with Gasteiger partial charge in [-0.3, -0.25) is 9.67 Å². The van der Waals surface area contributed by atoms with Crippen molar-refractivity contribution in [2.24, 2.45) is 12.0 Å². The van der Waals surface area contributed by atoms with Crippen molar-refractivity contribution in [1.29, 1.82) is 0 Å². The van der Waals surface area contributed by atoms with Crippen molar-refractivity contribution in [1.82, 2.24) is 20.0 Å². The number of alkyl halides is 3. The molecule has 10 heteroatoms. The number of rotatable bonds is 5. The molecule has 1 fully saturated rings. The van der Waals surface area contributed by atoms with Crippen LogP contribution in [0.5, 0.6) is 5.75 Å². The van der Waals surface area contributed by atoms with E-state index < -0.39 is 11.7 Å². The molecule has 1 N–H and O–H groups in total. The molecule has 7 nitrogen and oxygen atoms in total. The number of guanidine groups is 1. The molecule has 1 aromatic heterocycles. The first-order valence-corrected chi connectivity index (χ1v) is 9.23. The fourth-order valence-electron chi connectivity index (χ4n) is 3.13. The summed E-state index contributed by atoms with van der Waals surface area (Å²) in [7, 11) is 3.51. The van der Waals surface area contributed by atoms with Crippen molar-refractivity contribution >= 4 is 5.96 Å². The van der Waals surface area contributed by atoms with E-state index in [0.717, 1.165) is 11.6 Å². The van der Waals surface area contributed by atoms with Crippen LogP contribution in [0.25, 0.3) is 0 Å². The number of nitrogens with one attached hydrogen (secondary N) is 1. The van der Waals surface area contributed by atoms with Gasteiger partial charge in [0.2, 0.25) is 0 Å². The minimum absolute atomic E-state index is 0.0719. The SMILES string of the molecule is CN=C(NCCOc1ccccc1C(F)(F)F)N1CCOC(c2cnn(C)c2)C1. The molecular formula is C19H24F3N5O2. The quantitative estimate of drug-likeness (QED) is 0.465. The minimum atomic E-state index is -4.45.